The van der Waals surface area contributed by atoms with Gasteiger partial charge >= 0.3 is 0 Å². The van der Waals surface area contributed by atoms with Gasteiger partial charge in [0.1, 0.15) is 0 Å². The van der Waals surface area contributed by atoms with Crippen LogP contribution in [0.4, 0.5) is 5.69 Å². The van der Waals surface area contributed by atoms with Gasteiger partial charge in [-0.2, -0.15) is 0 Å². The van der Waals surface area contributed by atoms with E-state index in [1.807, 2.05) is 11.3 Å². The number of hydrogen-bond donors (Lipinski definition) is 1. The third kappa shape index (κ3) is 4.37. The van der Waals surface area contributed by atoms with Gasteiger partial charge in [-0.25, -0.2) is 0 Å². The molecule has 0 saturated carbocycles. The SMILES string of the molecule is CC(C)(C)c1ccc(CNCc2ccc([N+](=O)[O-])cc2)s1. The van der Waals surface area contributed by atoms with Crippen molar-refractivity contribution in [3.05, 3.63) is 61.8 Å². The van der Waals surface area contributed by atoms with Crippen LogP contribution in [-0.2, 0) is 18.5 Å². The van der Waals surface area contributed by atoms with Gasteiger partial charge in [-0.3, -0.25) is 10.1 Å². The highest BCUT2D eigenvalue weighted by Crippen LogP contribution is 2.29. The summed E-state index contributed by atoms with van der Waals surface area (Å²) < 4.78 is 0. The average molecular weight is 304 g/mol. The predicted molar refractivity (Wildman–Crippen MR) is 86.7 cm³/mol. The predicted octanol–water partition coefficient (Wildman–Crippen LogP) is 4.24. The Hall–Kier alpha value is -1.72. The molecule has 0 fully saturated rings. The Balaban J connectivity index is 1.86. The number of benzene rings is 1. The lowest BCUT2D eigenvalue weighted by Crippen LogP contribution is -2.11. The van der Waals surface area contributed by atoms with Crippen LogP contribution in [0.5, 0.6) is 0 Å². The molecular formula is C16H20N2O2S. The molecule has 2 rings (SSSR count). The van der Waals surface area contributed by atoms with Crippen LogP contribution in [0.1, 0.15) is 36.1 Å². The molecule has 1 aromatic heterocycles. The lowest BCUT2D eigenvalue weighted by molar-refractivity contribution is -0.384. The Bertz CT molecular complexity index is 612. The summed E-state index contributed by atoms with van der Waals surface area (Å²) in [6.07, 6.45) is 0. The van der Waals surface area contributed by atoms with Gasteiger partial charge in [0.05, 0.1) is 4.92 Å². The van der Waals surface area contributed by atoms with Crippen LogP contribution in [-0.4, -0.2) is 4.92 Å². The summed E-state index contributed by atoms with van der Waals surface area (Å²) in [7, 11) is 0. The van der Waals surface area contributed by atoms with Gasteiger partial charge in [0.15, 0.2) is 0 Å². The molecule has 2 aromatic rings. The first-order valence-corrected chi connectivity index (χ1v) is 7.71. The van der Waals surface area contributed by atoms with Crippen LogP contribution in [0, 0.1) is 10.1 Å². The van der Waals surface area contributed by atoms with E-state index in [9.17, 15) is 10.1 Å². The standard InChI is InChI=1S/C16H20N2O2S/c1-16(2,3)15-9-8-14(21-15)11-17-10-12-4-6-13(7-5-12)18(19)20/h4-9,17H,10-11H2,1-3H3. The molecule has 1 heterocycles. The van der Waals surface area contributed by atoms with E-state index in [1.165, 1.54) is 9.75 Å². The van der Waals surface area contributed by atoms with Crippen LogP contribution >= 0.6 is 11.3 Å². The minimum atomic E-state index is -0.378. The highest BCUT2D eigenvalue weighted by Gasteiger charge is 2.15. The fraction of sp³-hybridized carbons (Fsp3) is 0.375. The van der Waals surface area contributed by atoms with Crippen molar-refractivity contribution in [3.63, 3.8) is 0 Å². The lowest BCUT2D eigenvalue weighted by atomic mass is 9.95. The number of non-ortho nitro benzene ring substituents is 1. The molecular weight excluding hydrogens is 284 g/mol. The van der Waals surface area contributed by atoms with Crippen molar-refractivity contribution >= 4 is 17.0 Å². The molecule has 0 aliphatic rings. The molecule has 112 valence electrons. The van der Waals surface area contributed by atoms with Gasteiger partial charge < -0.3 is 5.32 Å². The van der Waals surface area contributed by atoms with Crippen LogP contribution in [0.3, 0.4) is 0 Å². The fourth-order valence-electron chi connectivity index (χ4n) is 1.94. The minimum Gasteiger partial charge on any atom is -0.308 e. The summed E-state index contributed by atoms with van der Waals surface area (Å²) in [5.41, 5.74) is 1.38. The van der Waals surface area contributed by atoms with E-state index in [0.717, 1.165) is 12.1 Å². The van der Waals surface area contributed by atoms with Crippen molar-refractivity contribution in [2.24, 2.45) is 0 Å². The summed E-state index contributed by atoms with van der Waals surface area (Å²) in [5.74, 6) is 0. The first kappa shape index (κ1) is 15.7. The lowest BCUT2D eigenvalue weighted by Gasteiger charge is -2.15. The molecule has 0 radical (unpaired) electrons. The van der Waals surface area contributed by atoms with Gasteiger partial charge in [0.2, 0.25) is 0 Å². The molecule has 4 nitrogen and oxygen atoms in total. The Morgan fingerprint density at radius 1 is 1.10 bits per heavy atom. The molecule has 0 atom stereocenters. The smallest absolute Gasteiger partial charge is 0.269 e. The number of nitro benzene ring substituents is 1. The van der Waals surface area contributed by atoms with Crippen molar-refractivity contribution < 1.29 is 4.92 Å². The monoisotopic (exact) mass is 304 g/mol. The van der Waals surface area contributed by atoms with Gasteiger partial charge in [0, 0.05) is 35.0 Å². The zero-order valence-corrected chi connectivity index (χ0v) is 13.4. The molecule has 21 heavy (non-hydrogen) atoms. The Morgan fingerprint density at radius 2 is 1.76 bits per heavy atom. The van der Waals surface area contributed by atoms with Crippen molar-refractivity contribution in [1.29, 1.82) is 0 Å². The summed E-state index contributed by atoms with van der Waals surface area (Å²) in [5, 5.41) is 14.0. The van der Waals surface area contributed by atoms with Crippen molar-refractivity contribution in [3.8, 4) is 0 Å². The van der Waals surface area contributed by atoms with Gasteiger partial charge in [0.25, 0.3) is 5.69 Å². The van der Waals surface area contributed by atoms with E-state index < -0.39 is 0 Å². The molecule has 0 aliphatic heterocycles. The second kappa shape index (κ2) is 6.37. The first-order valence-electron chi connectivity index (χ1n) is 6.89. The van der Waals surface area contributed by atoms with E-state index in [-0.39, 0.29) is 16.0 Å². The maximum Gasteiger partial charge on any atom is 0.269 e. The highest BCUT2D eigenvalue weighted by atomic mass is 32.1. The highest BCUT2D eigenvalue weighted by molar-refractivity contribution is 7.12. The van der Waals surface area contributed by atoms with Gasteiger partial charge in [-0.1, -0.05) is 32.9 Å². The molecule has 0 bridgehead atoms. The van der Waals surface area contributed by atoms with E-state index >= 15 is 0 Å². The number of nitrogens with one attached hydrogen (secondary N) is 1. The normalized spacial score (nSPS) is 11.6. The molecule has 1 N–H and O–H groups in total. The van der Waals surface area contributed by atoms with Crippen molar-refractivity contribution in [1.82, 2.24) is 5.32 Å². The number of rotatable bonds is 5. The Morgan fingerprint density at radius 3 is 2.29 bits per heavy atom. The summed E-state index contributed by atoms with van der Waals surface area (Å²) >= 11 is 1.83. The van der Waals surface area contributed by atoms with Crippen LogP contribution in [0.25, 0.3) is 0 Å². The molecule has 1 aromatic carbocycles. The average Bonchev–Trinajstić information content (AvgIpc) is 2.88. The zero-order valence-electron chi connectivity index (χ0n) is 12.6. The number of nitrogens with zero attached hydrogens (tertiary/aromatic N) is 1. The van der Waals surface area contributed by atoms with E-state index in [0.29, 0.717) is 6.54 Å². The maximum atomic E-state index is 10.6. The van der Waals surface area contributed by atoms with E-state index in [4.69, 9.17) is 0 Å². The fourth-order valence-corrected chi connectivity index (χ4v) is 2.98. The molecule has 0 unspecified atom stereocenters. The van der Waals surface area contributed by atoms with Crippen molar-refractivity contribution in [2.75, 3.05) is 0 Å². The topological polar surface area (TPSA) is 55.2 Å². The minimum absolute atomic E-state index is 0.131. The molecule has 0 spiro atoms. The van der Waals surface area contributed by atoms with Gasteiger partial charge in [-0.05, 0) is 23.1 Å². The largest absolute Gasteiger partial charge is 0.308 e. The molecule has 5 heteroatoms. The second-order valence-electron chi connectivity index (χ2n) is 6.04. The van der Waals surface area contributed by atoms with Crippen LogP contribution in [0.15, 0.2) is 36.4 Å². The van der Waals surface area contributed by atoms with Crippen LogP contribution < -0.4 is 5.32 Å². The molecule has 0 aliphatic carbocycles. The van der Waals surface area contributed by atoms with E-state index in [1.54, 1.807) is 24.3 Å². The zero-order chi connectivity index (χ0) is 15.5. The summed E-state index contributed by atoms with van der Waals surface area (Å²) in [4.78, 5) is 12.9. The third-order valence-electron chi connectivity index (χ3n) is 3.18. The quantitative estimate of drug-likeness (QED) is 0.664. The first-order chi connectivity index (χ1) is 9.86. The molecule has 0 saturated heterocycles. The number of thiophene rings is 1. The summed E-state index contributed by atoms with van der Waals surface area (Å²) in [6, 6.07) is 11.0. The third-order valence-corrected chi connectivity index (χ3v) is 4.69. The van der Waals surface area contributed by atoms with Crippen molar-refractivity contribution in [2.45, 2.75) is 39.3 Å². The van der Waals surface area contributed by atoms with Gasteiger partial charge in [-0.15, -0.1) is 11.3 Å². The number of nitro groups is 1. The van der Waals surface area contributed by atoms with E-state index in [2.05, 4.69) is 38.2 Å². The summed E-state index contributed by atoms with van der Waals surface area (Å²) in [6.45, 7) is 8.17. The molecule has 0 amide bonds. The Kier molecular flexibility index (Phi) is 4.75. The maximum absolute atomic E-state index is 10.6. The van der Waals surface area contributed by atoms with Crippen LogP contribution in [0.2, 0.25) is 0 Å². The Labute approximate surface area is 129 Å². The number of hydrogen-bond acceptors (Lipinski definition) is 4. The second-order valence-corrected chi connectivity index (χ2v) is 7.21.